The fourth-order valence-corrected chi connectivity index (χ4v) is 1.05. The van der Waals surface area contributed by atoms with Gasteiger partial charge in [0.05, 0.1) is 7.11 Å². The first-order valence-corrected chi connectivity index (χ1v) is 4.94. The fourth-order valence-electron chi connectivity index (χ4n) is 1.05. The number of hydrogen-bond acceptors (Lipinski definition) is 3. The maximum Gasteiger partial charge on any atom is 0.318 e. The lowest BCUT2D eigenvalue weighted by molar-refractivity contribution is -0.150. The third-order valence-corrected chi connectivity index (χ3v) is 2.21. The van der Waals surface area contributed by atoms with Gasteiger partial charge in [0, 0.05) is 6.04 Å². The Morgan fingerprint density at radius 3 is 2.21 bits per heavy atom. The molecule has 2 unspecified atom stereocenters. The summed E-state index contributed by atoms with van der Waals surface area (Å²) in [6.45, 7) is 5.67. The van der Waals surface area contributed by atoms with Gasteiger partial charge >= 0.3 is 5.97 Å². The Hall–Kier alpha value is -1.06. The van der Waals surface area contributed by atoms with Crippen LogP contribution in [0.3, 0.4) is 0 Å². The topological polar surface area (TPSA) is 55.4 Å². The Bertz CT molecular complexity index is 204. The third kappa shape index (κ3) is 3.77. The summed E-state index contributed by atoms with van der Waals surface area (Å²) < 4.78 is 4.54. The Kier molecular flexibility index (Phi) is 5.92. The Morgan fingerprint density at radius 1 is 1.29 bits per heavy atom. The van der Waals surface area contributed by atoms with Gasteiger partial charge in [-0.25, -0.2) is 0 Å². The zero-order valence-electron chi connectivity index (χ0n) is 9.29. The molecule has 4 nitrogen and oxygen atoms in total. The molecule has 0 aromatic rings. The van der Waals surface area contributed by atoms with Gasteiger partial charge in [-0.3, -0.25) is 9.59 Å². The summed E-state index contributed by atoms with van der Waals surface area (Å²) in [5.74, 6) is -1.38. The first-order chi connectivity index (χ1) is 6.56. The number of nitrogens with one attached hydrogen (secondary N) is 1. The van der Waals surface area contributed by atoms with Crippen molar-refractivity contribution in [2.24, 2.45) is 5.92 Å². The summed E-state index contributed by atoms with van der Waals surface area (Å²) in [6, 6.07) is 0.0983. The van der Waals surface area contributed by atoms with Gasteiger partial charge in [-0.05, 0) is 19.8 Å². The van der Waals surface area contributed by atoms with E-state index in [-0.39, 0.29) is 11.9 Å². The summed E-state index contributed by atoms with van der Waals surface area (Å²) in [4.78, 5) is 22.7. The van der Waals surface area contributed by atoms with E-state index in [1.165, 1.54) is 7.11 Å². The van der Waals surface area contributed by atoms with Crippen molar-refractivity contribution in [1.29, 1.82) is 0 Å². The molecule has 0 spiro atoms. The van der Waals surface area contributed by atoms with Crippen LogP contribution in [0.5, 0.6) is 0 Å². The quantitative estimate of drug-likeness (QED) is 0.535. The molecule has 14 heavy (non-hydrogen) atoms. The predicted octanol–water partition coefficient (Wildman–Crippen LogP) is 1.10. The monoisotopic (exact) mass is 201 g/mol. The lowest BCUT2D eigenvalue weighted by atomic mass is 10.1. The van der Waals surface area contributed by atoms with Gasteiger partial charge in [-0.2, -0.15) is 0 Å². The van der Waals surface area contributed by atoms with Crippen LogP contribution in [0.1, 0.15) is 33.6 Å². The average molecular weight is 201 g/mol. The average Bonchev–Trinajstić information content (AvgIpc) is 2.18. The molecular weight excluding hydrogens is 182 g/mol. The van der Waals surface area contributed by atoms with Crippen LogP contribution in [0.15, 0.2) is 0 Å². The molecule has 1 amide bonds. The van der Waals surface area contributed by atoms with Crippen molar-refractivity contribution in [2.75, 3.05) is 7.11 Å². The molecule has 0 heterocycles. The number of amides is 1. The van der Waals surface area contributed by atoms with Gasteiger partial charge < -0.3 is 10.1 Å². The fraction of sp³-hybridized carbons (Fsp3) is 0.800. The van der Waals surface area contributed by atoms with Gasteiger partial charge in [-0.15, -0.1) is 0 Å². The summed E-state index contributed by atoms with van der Waals surface area (Å²) in [6.07, 6.45) is 1.32. The Morgan fingerprint density at radius 2 is 1.86 bits per heavy atom. The van der Waals surface area contributed by atoms with Gasteiger partial charge in [0.15, 0.2) is 0 Å². The van der Waals surface area contributed by atoms with Gasteiger partial charge in [0.1, 0.15) is 5.92 Å². The summed E-state index contributed by atoms with van der Waals surface area (Å²) in [7, 11) is 1.29. The highest BCUT2D eigenvalue weighted by molar-refractivity contribution is 5.97. The van der Waals surface area contributed by atoms with E-state index in [0.717, 1.165) is 6.42 Å². The minimum absolute atomic E-state index is 0.0983. The molecule has 82 valence electrons. The highest BCUT2D eigenvalue weighted by Gasteiger charge is 2.25. The van der Waals surface area contributed by atoms with Crippen molar-refractivity contribution in [3.05, 3.63) is 0 Å². The van der Waals surface area contributed by atoms with E-state index in [0.29, 0.717) is 6.42 Å². The molecule has 0 bridgehead atoms. The largest absolute Gasteiger partial charge is 0.468 e. The second-order valence-electron chi connectivity index (χ2n) is 3.30. The Labute approximate surface area is 85.0 Å². The molecule has 0 aromatic carbocycles. The maximum atomic E-state index is 11.5. The zero-order valence-corrected chi connectivity index (χ0v) is 9.29. The SMILES string of the molecule is CCC(C)NC(=O)C(CC)C(=O)OC. The van der Waals surface area contributed by atoms with Crippen LogP contribution in [0.25, 0.3) is 0 Å². The van der Waals surface area contributed by atoms with Gasteiger partial charge in [-0.1, -0.05) is 13.8 Å². The van der Waals surface area contributed by atoms with Gasteiger partial charge in [0.25, 0.3) is 0 Å². The van der Waals surface area contributed by atoms with E-state index in [1.54, 1.807) is 6.92 Å². The van der Waals surface area contributed by atoms with Crippen molar-refractivity contribution in [2.45, 2.75) is 39.7 Å². The van der Waals surface area contributed by atoms with Crippen molar-refractivity contribution < 1.29 is 14.3 Å². The smallest absolute Gasteiger partial charge is 0.318 e. The van der Waals surface area contributed by atoms with Crippen molar-refractivity contribution in [3.8, 4) is 0 Å². The summed E-state index contributed by atoms with van der Waals surface area (Å²) >= 11 is 0. The molecule has 0 aromatic heterocycles. The van der Waals surface area contributed by atoms with Crippen LogP contribution >= 0.6 is 0 Å². The van der Waals surface area contributed by atoms with E-state index in [1.807, 2.05) is 13.8 Å². The highest BCUT2D eigenvalue weighted by atomic mass is 16.5. The lowest BCUT2D eigenvalue weighted by Crippen LogP contribution is -2.40. The van der Waals surface area contributed by atoms with Crippen LogP contribution in [0, 0.1) is 5.92 Å². The first-order valence-electron chi connectivity index (χ1n) is 4.94. The molecule has 0 saturated carbocycles. The predicted molar refractivity (Wildman–Crippen MR) is 53.7 cm³/mol. The number of rotatable bonds is 5. The maximum absolute atomic E-state index is 11.5. The summed E-state index contributed by atoms with van der Waals surface area (Å²) in [5, 5.41) is 2.76. The molecule has 0 fully saturated rings. The number of carbonyl (C=O) groups excluding carboxylic acids is 2. The number of carbonyl (C=O) groups is 2. The lowest BCUT2D eigenvalue weighted by Gasteiger charge is -2.16. The van der Waals surface area contributed by atoms with Crippen LogP contribution < -0.4 is 5.32 Å². The molecule has 0 saturated heterocycles. The molecule has 0 aliphatic rings. The Balaban J connectivity index is 4.25. The van der Waals surface area contributed by atoms with Crippen molar-refractivity contribution in [3.63, 3.8) is 0 Å². The van der Waals surface area contributed by atoms with Crippen LogP contribution in [0.2, 0.25) is 0 Å². The van der Waals surface area contributed by atoms with E-state index < -0.39 is 11.9 Å². The van der Waals surface area contributed by atoms with Crippen LogP contribution in [-0.2, 0) is 14.3 Å². The molecule has 0 radical (unpaired) electrons. The molecule has 0 rings (SSSR count). The van der Waals surface area contributed by atoms with Gasteiger partial charge in [0.2, 0.25) is 5.91 Å². The minimum atomic E-state index is -0.672. The normalized spacial score (nSPS) is 14.3. The van der Waals surface area contributed by atoms with Crippen LogP contribution in [-0.4, -0.2) is 25.0 Å². The second kappa shape index (κ2) is 6.40. The zero-order chi connectivity index (χ0) is 11.1. The van der Waals surface area contributed by atoms with E-state index >= 15 is 0 Å². The number of methoxy groups -OCH3 is 1. The molecule has 4 heteroatoms. The van der Waals surface area contributed by atoms with Crippen molar-refractivity contribution >= 4 is 11.9 Å². The number of esters is 1. The van der Waals surface area contributed by atoms with E-state index in [2.05, 4.69) is 10.1 Å². The molecule has 1 N–H and O–H groups in total. The van der Waals surface area contributed by atoms with E-state index in [4.69, 9.17) is 0 Å². The number of hydrogen-bond donors (Lipinski definition) is 1. The number of ether oxygens (including phenoxy) is 1. The standard InChI is InChI=1S/C10H19NO3/c1-5-7(3)11-9(12)8(6-2)10(13)14-4/h7-8H,5-6H2,1-4H3,(H,11,12). The van der Waals surface area contributed by atoms with Crippen molar-refractivity contribution in [1.82, 2.24) is 5.32 Å². The first kappa shape index (κ1) is 12.9. The minimum Gasteiger partial charge on any atom is -0.468 e. The molecule has 0 aliphatic heterocycles. The van der Waals surface area contributed by atoms with Crippen LogP contribution in [0.4, 0.5) is 0 Å². The highest BCUT2D eigenvalue weighted by Crippen LogP contribution is 2.05. The molecular formula is C10H19NO3. The second-order valence-corrected chi connectivity index (χ2v) is 3.30. The van der Waals surface area contributed by atoms with E-state index in [9.17, 15) is 9.59 Å². The summed E-state index contributed by atoms with van der Waals surface area (Å²) in [5.41, 5.74) is 0. The molecule has 0 aliphatic carbocycles. The third-order valence-electron chi connectivity index (χ3n) is 2.21. The molecule has 2 atom stereocenters.